The number of nitrogens with zero attached hydrogens (tertiary/aromatic N) is 4. The number of benzene rings is 2. The third-order valence-corrected chi connectivity index (χ3v) is 3.87. The molecule has 0 saturated heterocycles. The summed E-state index contributed by atoms with van der Waals surface area (Å²) in [5.74, 6) is 5.37. The Kier molecular flexibility index (Phi) is 4.04. The summed E-state index contributed by atoms with van der Waals surface area (Å²) < 4.78 is 15.6. The molecule has 0 atom stereocenters. The summed E-state index contributed by atoms with van der Waals surface area (Å²) in [6.07, 6.45) is 1.68. The number of halogens is 1. The Balaban J connectivity index is 1.77. The molecule has 0 saturated carbocycles. The van der Waals surface area contributed by atoms with Gasteiger partial charge in [-0.1, -0.05) is 48.4 Å². The highest BCUT2D eigenvalue weighted by Crippen LogP contribution is 2.16. The zero-order valence-electron chi connectivity index (χ0n) is 13.7. The SMILES string of the molecule is Nc1nc(C#Cc2ccccc2F)c2ncn(Cc3ccccc3)c2n1. The zero-order chi connectivity index (χ0) is 17.9. The molecule has 0 fully saturated rings. The minimum Gasteiger partial charge on any atom is -0.368 e. The van der Waals surface area contributed by atoms with Gasteiger partial charge in [-0.15, -0.1) is 0 Å². The molecule has 2 heterocycles. The number of imidazole rings is 1. The van der Waals surface area contributed by atoms with Crippen molar-refractivity contribution in [3.8, 4) is 11.8 Å². The fraction of sp³-hybridized carbons (Fsp3) is 0.0500. The number of hydrogen-bond donors (Lipinski definition) is 1. The van der Waals surface area contributed by atoms with Gasteiger partial charge in [0, 0.05) is 0 Å². The van der Waals surface area contributed by atoms with Gasteiger partial charge in [-0.25, -0.2) is 14.4 Å². The van der Waals surface area contributed by atoms with Crippen molar-refractivity contribution in [2.24, 2.45) is 0 Å². The molecule has 0 bridgehead atoms. The second-order valence-electron chi connectivity index (χ2n) is 5.69. The molecule has 0 aliphatic heterocycles. The van der Waals surface area contributed by atoms with E-state index in [0.29, 0.717) is 29.0 Å². The third kappa shape index (κ3) is 3.10. The summed E-state index contributed by atoms with van der Waals surface area (Å²) >= 11 is 0. The van der Waals surface area contributed by atoms with Gasteiger partial charge in [0.25, 0.3) is 0 Å². The minimum atomic E-state index is -0.382. The van der Waals surface area contributed by atoms with Crippen LogP contribution in [-0.2, 0) is 6.54 Å². The Morgan fingerprint density at radius 1 is 0.962 bits per heavy atom. The highest BCUT2D eigenvalue weighted by molar-refractivity contribution is 5.78. The molecular formula is C20H14FN5. The lowest BCUT2D eigenvalue weighted by molar-refractivity contribution is 0.624. The van der Waals surface area contributed by atoms with E-state index >= 15 is 0 Å². The first kappa shape index (κ1) is 15.8. The highest BCUT2D eigenvalue weighted by atomic mass is 19.1. The Morgan fingerprint density at radius 2 is 1.73 bits per heavy atom. The first-order valence-electron chi connectivity index (χ1n) is 7.99. The first-order valence-corrected chi connectivity index (χ1v) is 7.99. The van der Waals surface area contributed by atoms with Crippen LogP contribution in [0.4, 0.5) is 10.3 Å². The maximum atomic E-state index is 13.8. The molecule has 5 nitrogen and oxygen atoms in total. The smallest absolute Gasteiger partial charge is 0.223 e. The molecule has 4 rings (SSSR count). The predicted molar refractivity (Wildman–Crippen MR) is 97.7 cm³/mol. The number of fused-ring (bicyclic) bond motifs is 1. The molecule has 2 aromatic heterocycles. The predicted octanol–water partition coefficient (Wildman–Crippen LogP) is 3.00. The van der Waals surface area contributed by atoms with Gasteiger partial charge >= 0.3 is 0 Å². The van der Waals surface area contributed by atoms with E-state index in [1.54, 1.807) is 24.5 Å². The maximum absolute atomic E-state index is 13.8. The van der Waals surface area contributed by atoms with Crippen molar-refractivity contribution in [3.05, 3.63) is 83.6 Å². The Labute approximate surface area is 149 Å². The van der Waals surface area contributed by atoms with Crippen molar-refractivity contribution >= 4 is 17.1 Å². The molecule has 2 aromatic carbocycles. The van der Waals surface area contributed by atoms with Gasteiger partial charge in [0.2, 0.25) is 5.95 Å². The molecule has 0 amide bonds. The monoisotopic (exact) mass is 343 g/mol. The van der Waals surface area contributed by atoms with Crippen molar-refractivity contribution in [2.75, 3.05) is 5.73 Å². The van der Waals surface area contributed by atoms with Gasteiger partial charge in [-0.3, -0.25) is 0 Å². The average Bonchev–Trinajstić information content (AvgIpc) is 3.04. The Morgan fingerprint density at radius 3 is 2.54 bits per heavy atom. The molecule has 0 spiro atoms. The van der Waals surface area contributed by atoms with Crippen LogP contribution in [0.2, 0.25) is 0 Å². The van der Waals surface area contributed by atoms with Crippen LogP contribution in [0, 0.1) is 17.7 Å². The number of aromatic nitrogens is 4. The van der Waals surface area contributed by atoms with E-state index in [9.17, 15) is 4.39 Å². The summed E-state index contributed by atoms with van der Waals surface area (Å²) in [7, 11) is 0. The van der Waals surface area contributed by atoms with E-state index in [1.165, 1.54) is 6.07 Å². The van der Waals surface area contributed by atoms with E-state index < -0.39 is 0 Å². The van der Waals surface area contributed by atoms with Crippen LogP contribution in [0.25, 0.3) is 11.2 Å². The fourth-order valence-electron chi connectivity index (χ4n) is 2.63. The fourth-order valence-corrected chi connectivity index (χ4v) is 2.63. The standard InChI is InChI=1S/C20H14FN5/c21-16-9-5-4-8-15(16)10-11-17-18-19(25-20(22)24-17)26(13-23-18)12-14-6-2-1-3-7-14/h1-9,13H,12H2,(H2,22,24,25). The van der Waals surface area contributed by atoms with Gasteiger partial charge in [-0.2, -0.15) is 4.98 Å². The van der Waals surface area contributed by atoms with Gasteiger partial charge in [0.15, 0.2) is 5.65 Å². The molecule has 0 radical (unpaired) electrons. The molecule has 26 heavy (non-hydrogen) atoms. The second-order valence-corrected chi connectivity index (χ2v) is 5.69. The lowest BCUT2D eigenvalue weighted by Crippen LogP contribution is -2.03. The zero-order valence-corrected chi connectivity index (χ0v) is 13.7. The minimum absolute atomic E-state index is 0.102. The number of anilines is 1. The van der Waals surface area contributed by atoms with Crippen molar-refractivity contribution < 1.29 is 4.39 Å². The molecule has 4 aromatic rings. The van der Waals surface area contributed by atoms with E-state index in [1.807, 2.05) is 34.9 Å². The number of hydrogen-bond acceptors (Lipinski definition) is 4. The summed E-state index contributed by atoms with van der Waals surface area (Å²) in [5, 5.41) is 0. The number of rotatable bonds is 2. The maximum Gasteiger partial charge on any atom is 0.223 e. The lowest BCUT2D eigenvalue weighted by Gasteiger charge is -2.04. The summed E-state index contributed by atoms with van der Waals surface area (Å²) in [5.41, 5.74) is 8.76. The third-order valence-electron chi connectivity index (χ3n) is 3.87. The van der Waals surface area contributed by atoms with Crippen LogP contribution in [-0.4, -0.2) is 19.5 Å². The van der Waals surface area contributed by atoms with Crippen molar-refractivity contribution in [2.45, 2.75) is 6.54 Å². The Hall–Kier alpha value is -3.72. The van der Waals surface area contributed by atoms with Gasteiger partial charge in [-0.05, 0) is 23.6 Å². The molecule has 126 valence electrons. The second kappa shape index (κ2) is 6.65. The molecule has 6 heteroatoms. The van der Waals surface area contributed by atoms with Crippen LogP contribution in [0.5, 0.6) is 0 Å². The molecule has 0 aliphatic carbocycles. The summed E-state index contributed by atoms with van der Waals surface area (Å²) in [6, 6.07) is 16.3. The van der Waals surface area contributed by atoms with Crippen molar-refractivity contribution in [3.63, 3.8) is 0 Å². The van der Waals surface area contributed by atoms with Crippen LogP contribution >= 0.6 is 0 Å². The summed E-state index contributed by atoms with van der Waals surface area (Å²) in [6.45, 7) is 0.605. The van der Waals surface area contributed by atoms with Gasteiger partial charge < -0.3 is 10.3 Å². The largest absolute Gasteiger partial charge is 0.368 e. The molecule has 2 N–H and O–H groups in total. The Bertz CT molecular complexity index is 1140. The number of nitrogen functional groups attached to an aromatic ring is 1. The highest BCUT2D eigenvalue weighted by Gasteiger charge is 2.11. The van der Waals surface area contributed by atoms with Crippen LogP contribution in [0.3, 0.4) is 0 Å². The number of nitrogens with two attached hydrogens (primary N) is 1. The first-order chi connectivity index (χ1) is 12.7. The van der Waals surface area contributed by atoms with Crippen molar-refractivity contribution in [1.82, 2.24) is 19.5 Å². The topological polar surface area (TPSA) is 69.6 Å². The molecular weight excluding hydrogens is 329 g/mol. The van der Waals surface area contributed by atoms with E-state index in [4.69, 9.17) is 5.73 Å². The van der Waals surface area contributed by atoms with Crippen molar-refractivity contribution in [1.29, 1.82) is 0 Å². The van der Waals surface area contributed by atoms with Crippen LogP contribution in [0.1, 0.15) is 16.8 Å². The van der Waals surface area contributed by atoms with Crippen LogP contribution in [0.15, 0.2) is 60.9 Å². The van der Waals surface area contributed by atoms with E-state index in [0.717, 1.165) is 5.56 Å². The lowest BCUT2D eigenvalue weighted by atomic mass is 10.2. The molecule has 0 aliphatic rings. The van der Waals surface area contributed by atoms with E-state index in [-0.39, 0.29) is 11.8 Å². The average molecular weight is 343 g/mol. The quantitative estimate of drug-likeness (QED) is 0.568. The van der Waals surface area contributed by atoms with Gasteiger partial charge in [0.05, 0.1) is 18.4 Å². The van der Waals surface area contributed by atoms with E-state index in [2.05, 4.69) is 26.8 Å². The summed E-state index contributed by atoms with van der Waals surface area (Å²) in [4.78, 5) is 12.8. The van der Waals surface area contributed by atoms with Crippen LogP contribution < -0.4 is 5.73 Å². The molecule has 0 unspecified atom stereocenters. The van der Waals surface area contributed by atoms with Gasteiger partial charge in [0.1, 0.15) is 17.0 Å². The normalized spacial score (nSPS) is 10.5.